The second kappa shape index (κ2) is 7.54. The number of hydrogen-bond donors (Lipinski definition) is 0. The molecule has 7 heteroatoms. The first-order valence-electron chi connectivity index (χ1n) is 9.43. The van der Waals surface area contributed by atoms with Crippen LogP contribution in [-0.2, 0) is 16.6 Å². The summed E-state index contributed by atoms with van der Waals surface area (Å²) in [7, 11) is 1.96. The highest BCUT2D eigenvalue weighted by atomic mass is 16.2. The van der Waals surface area contributed by atoms with Crippen LogP contribution in [0.3, 0.4) is 0 Å². The number of piperidine rings is 1. The van der Waals surface area contributed by atoms with Gasteiger partial charge in [-0.25, -0.2) is 0 Å². The molecule has 0 bridgehead atoms. The Labute approximate surface area is 149 Å². The molecule has 3 rings (SSSR count). The molecule has 2 fully saturated rings. The van der Waals surface area contributed by atoms with Crippen LogP contribution in [0.25, 0.3) is 0 Å². The number of rotatable bonds is 5. The monoisotopic (exact) mass is 347 g/mol. The zero-order chi connectivity index (χ0) is 18.0. The van der Waals surface area contributed by atoms with Crippen molar-refractivity contribution in [2.24, 2.45) is 13.0 Å². The molecule has 0 saturated carbocycles. The fraction of sp³-hybridized carbons (Fsp3) is 0.778. The predicted octanol–water partition coefficient (Wildman–Crippen LogP) is 1.56. The first-order valence-corrected chi connectivity index (χ1v) is 9.43. The molecule has 2 saturated heterocycles. The van der Waals surface area contributed by atoms with Gasteiger partial charge in [-0.15, -0.1) is 10.2 Å². The molecule has 138 valence electrons. The van der Waals surface area contributed by atoms with Crippen molar-refractivity contribution in [3.63, 3.8) is 0 Å². The Morgan fingerprint density at radius 1 is 1.36 bits per heavy atom. The van der Waals surface area contributed by atoms with Crippen molar-refractivity contribution in [2.45, 2.75) is 57.9 Å². The number of likely N-dealkylation sites (tertiary alicyclic amines) is 2. The van der Waals surface area contributed by atoms with Crippen LogP contribution in [0.1, 0.15) is 57.7 Å². The van der Waals surface area contributed by atoms with Crippen molar-refractivity contribution in [3.8, 4) is 0 Å². The first kappa shape index (κ1) is 17.9. The lowest BCUT2D eigenvalue weighted by atomic mass is 9.94. The molecule has 0 aliphatic carbocycles. The molecule has 0 spiro atoms. The Bertz CT molecular complexity index is 621. The van der Waals surface area contributed by atoms with Crippen LogP contribution in [0.5, 0.6) is 0 Å². The molecule has 3 heterocycles. The van der Waals surface area contributed by atoms with Crippen LogP contribution in [0.4, 0.5) is 0 Å². The van der Waals surface area contributed by atoms with E-state index in [9.17, 15) is 9.59 Å². The van der Waals surface area contributed by atoms with Gasteiger partial charge in [-0.2, -0.15) is 0 Å². The summed E-state index contributed by atoms with van der Waals surface area (Å²) in [6.07, 6.45) is 5.97. The van der Waals surface area contributed by atoms with Crippen molar-refractivity contribution in [3.05, 3.63) is 12.2 Å². The molecule has 0 N–H and O–H groups in total. The van der Waals surface area contributed by atoms with Gasteiger partial charge in [0.15, 0.2) is 0 Å². The van der Waals surface area contributed by atoms with Gasteiger partial charge in [-0.3, -0.25) is 9.59 Å². The molecule has 0 radical (unpaired) electrons. The molecule has 2 atom stereocenters. The van der Waals surface area contributed by atoms with E-state index in [-0.39, 0.29) is 23.8 Å². The molecule has 1 aromatic rings. The standard InChI is InChI=1S/C18H29N5O2/c1-4-5-13(2)23-11-15(10-16(23)24)18(25)22-8-6-14(7-9-22)17-20-19-12-21(17)3/h12-15H,4-11H2,1-3H3. The van der Waals surface area contributed by atoms with Crippen molar-refractivity contribution in [1.82, 2.24) is 24.6 Å². The molecular weight excluding hydrogens is 318 g/mol. The molecule has 0 aromatic carbocycles. The Morgan fingerprint density at radius 2 is 2.08 bits per heavy atom. The highest BCUT2D eigenvalue weighted by molar-refractivity contribution is 5.89. The van der Waals surface area contributed by atoms with Crippen molar-refractivity contribution >= 4 is 11.8 Å². The summed E-state index contributed by atoms with van der Waals surface area (Å²) in [5, 5.41) is 8.15. The molecule has 7 nitrogen and oxygen atoms in total. The van der Waals surface area contributed by atoms with Crippen molar-refractivity contribution < 1.29 is 9.59 Å². The average Bonchev–Trinajstić information content (AvgIpc) is 3.20. The molecule has 2 unspecified atom stereocenters. The normalized spacial score (nSPS) is 23.3. The van der Waals surface area contributed by atoms with Gasteiger partial charge in [0.1, 0.15) is 12.2 Å². The predicted molar refractivity (Wildman–Crippen MR) is 93.7 cm³/mol. The molecule has 2 amide bonds. The van der Waals surface area contributed by atoms with E-state index in [1.54, 1.807) is 6.33 Å². The van der Waals surface area contributed by atoms with E-state index in [0.717, 1.165) is 44.6 Å². The lowest BCUT2D eigenvalue weighted by molar-refractivity contribution is -0.136. The van der Waals surface area contributed by atoms with E-state index in [4.69, 9.17) is 0 Å². The van der Waals surface area contributed by atoms with Crippen molar-refractivity contribution in [2.75, 3.05) is 19.6 Å². The van der Waals surface area contributed by atoms with Crippen LogP contribution in [0, 0.1) is 5.92 Å². The maximum Gasteiger partial charge on any atom is 0.227 e. The largest absolute Gasteiger partial charge is 0.342 e. The number of aromatic nitrogens is 3. The highest BCUT2D eigenvalue weighted by Gasteiger charge is 2.39. The minimum Gasteiger partial charge on any atom is -0.342 e. The third kappa shape index (κ3) is 3.70. The van der Waals surface area contributed by atoms with E-state index in [2.05, 4.69) is 24.0 Å². The summed E-state index contributed by atoms with van der Waals surface area (Å²) in [5.41, 5.74) is 0. The fourth-order valence-electron chi connectivity index (χ4n) is 4.17. The second-order valence-electron chi connectivity index (χ2n) is 7.48. The quantitative estimate of drug-likeness (QED) is 0.810. The fourth-order valence-corrected chi connectivity index (χ4v) is 4.17. The smallest absolute Gasteiger partial charge is 0.227 e. The van der Waals surface area contributed by atoms with Gasteiger partial charge in [-0.05, 0) is 26.2 Å². The number of carbonyl (C=O) groups is 2. The summed E-state index contributed by atoms with van der Waals surface area (Å²) < 4.78 is 1.96. The molecule has 1 aromatic heterocycles. The van der Waals surface area contributed by atoms with Crippen LogP contribution in [0.15, 0.2) is 6.33 Å². The van der Waals surface area contributed by atoms with Gasteiger partial charge in [0.25, 0.3) is 0 Å². The maximum absolute atomic E-state index is 12.8. The van der Waals surface area contributed by atoms with E-state index in [1.165, 1.54) is 0 Å². The third-order valence-electron chi connectivity index (χ3n) is 5.66. The average molecular weight is 347 g/mol. The molecule has 2 aliphatic heterocycles. The van der Waals surface area contributed by atoms with Crippen LogP contribution >= 0.6 is 0 Å². The van der Waals surface area contributed by atoms with E-state index in [0.29, 0.717) is 18.9 Å². The van der Waals surface area contributed by atoms with Gasteiger partial charge < -0.3 is 14.4 Å². The number of amides is 2. The molecule has 25 heavy (non-hydrogen) atoms. The Kier molecular flexibility index (Phi) is 5.39. The Hall–Kier alpha value is -1.92. The zero-order valence-electron chi connectivity index (χ0n) is 15.5. The number of carbonyl (C=O) groups excluding carboxylic acids is 2. The van der Waals surface area contributed by atoms with Crippen LogP contribution in [-0.4, -0.2) is 62.1 Å². The lowest BCUT2D eigenvalue weighted by Crippen LogP contribution is -2.43. The maximum atomic E-state index is 12.8. The van der Waals surface area contributed by atoms with E-state index < -0.39 is 0 Å². The summed E-state index contributed by atoms with van der Waals surface area (Å²) in [6.45, 7) is 6.28. The third-order valence-corrected chi connectivity index (χ3v) is 5.66. The summed E-state index contributed by atoms with van der Waals surface area (Å²) in [4.78, 5) is 29.0. The van der Waals surface area contributed by atoms with Crippen LogP contribution < -0.4 is 0 Å². The zero-order valence-corrected chi connectivity index (χ0v) is 15.5. The van der Waals surface area contributed by atoms with Gasteiger partial charge in [0.2, 0.25) is 11.8 Å². The topological polar surface area (TPSA) is 71.3 Å². The van der Waals surface area contributed by atoms with Crippen molar-refractivity contribution in [1.29, 1.82) is 0 Å². The second-order valence-corrected chi connectivity index (χ2v) is 7.48. The van der Waals surface area contributed by atoms with E-state index >= 15 is 0 Å². The van der Waals surface area contributed by atoms with Crippen LogP contribution in [0.2, 0.25) is 0 Å². The Morgan fingerprint density at radius 3 is 2.68 bits per heavy atom. The number of nitrogens with zero attached hydrogens (tertiary/aromatic N) is 5. The minimum atomic E-state index is -0.168. The summed E-state index contributed by atoms with van der Waals surface area (Å²) in [5.74, 6) is 1.48. The number of hydrogen-bond acceptors (Lipinski definition) is 4. The number of aryl methyl sites for hydroxylation is 1. The summed E-state index contributed by atoms with van der Waals surface area (Å²) in [6, 6.07) is 0.233. The van der Waals surface area contributed by atoms with Gasteiger partial charge in [-0.1, -0.05) is 13.3 Å². The minimum absolute atomic E-state index is 0.133. The molecular formula is C18H29N5O2. The lowest BCUT2D eigenvalue weighted by Gasteiger charge is -2.33. The van der Waals surface area contributed by atoms with Gasteiger partial charge in [0.05, 0.1) is 5.92 Å². The first-order chi connectivity index (χ1) is 12.0. The van der Waals surface area contributed by atoms with Gasteiger partial charge in [0, 0.05) is 45.1 Å². The summed E-state index contributed by atoms with van der Waals surface area (Å²) >= 11 is 0. The van der Waals surface area contributed by atoms with Gasteiger partial charge >= 0.3 is 0 Å². The van der Waals surface area contributed by atoms with E-state index in [1.807, 2.05) is 21.4 Å². The Balaban J connectivity index is 1.55. The highest BCUT2D eigenvalue weighted by Crippen LogP contribution is 2.29. The SMILES string of the molecule is CCCC(C)N1CC(C(=O)N2CCC(c3nncn3C)CC2)CC1=O. The molecule has 2 aliphatic rings.